The molecule has 5 nitrogen and oxygen atoms in total. The van der Waals surface area contributed by atoms with Crippen molar-refractivity contribution < 1.29 is 9.53 Å². The third-order valence-corrected chi connectivity index (χ3v) is 2.84. The number of ether oxygens (including phenoxy) is 1. The van der Waals surface area contributed by atoms with Crippen molar-refractivity contribution in [1.29, 1.82) is 0 Å². The summed E-state index contributed by atoms with van der Waals surface area (Å²) in [5.74, 6) is -0.215. The smallest absolute Gasteiger partial charge is 0.323 e. The van der Waals surface area contributed by atoms with Crippen molar-refractivity contribution in [2.24, 2.45) is 0 Å². The lowest BCUT2D eigenvalue weighted by atomic mass is 10.1. The van der Waals surface area contributed by atoms with E-state index in [0.29, 0.717) is 12.5 Å². The van der Waals surface area contributed by atoms with Crippen LogP contribution in [-0.2, 0) is 16.0 Å². The molecule has 0 unspecified atom stereocenters. The summed E-state index contributed by atoms with van der Waals surface area (Å²) in [6.07, 6.45) is 4.23. The van der Waals surface area contributed by atoms with E-state index >= 15 is 0 Å². The van der Waals surface area contributed by atoms with Crippen LogP contribution in [0.1, 0.15) is 53.3 Å². The molecule has 5 heteroatoms. The van der Waals surface area contributed by atoms with Crippen molar-refractivity contribution in [3.05, 3.63) is 18.2 Å². The van der Waals surface area contributed by atoms with Gasteiger partial charge in [0.2, 0.25) is 0 Å². The minimum Gasteiger partial charge on any atom is -0.462 e. The van der Waals surface area contributed by atoms with Crippen LogP contribution in [0.3, 0.4) is 0 Å². The standard InChI is InChI=1S/C15H27N3O2/c1-10(2)17-14(15(19)20-12(5)6)7-13-8-18(9-16-13)11(3)4/h8-12,14,17H,7H2,1-6H3/t14-/m0/s1. The van der Waals surface area contributed by atoms with Crippen LogP contribution in [-0.4, -0.2) is 33.7 Å². The molecule has 0 aromatic carbocycles. The number of aromatic nitrogens is 2. The molecule has 1 aromatic rings. The topological polar surface area (TPSA) is 56.2 Å². The Labute approximate surface area is 121 Å². The number of hydrogen-bond acceptors (Lipinski definition) is 4. The fourth-order valence-electron chi connectivity index (χ4n) is 1.90. The largest absolute Gasteiger partial charge is 0.462 e. The van der Waals surface area contributed by atoms with Crippen molar-refractivity contribution in [2.75, 3.05) is 0 Å². The third-order valence-electron chi connectivity index (χ3n) is 2.84. The molecule has 0 spiro atoms. The molecule has 1 heterocycles. The predicted molar refractivity (Wildman–Crippen MR) is 79.6 cm³/mol. The zero-order chi connectivity index (χ0) is 15.3. The van der Waals surface area contributed by atoms with Gasteiger partial charge in [-0.15, -0.1) is 0 Å². The van der Waals surface area contributed by atoms with E-state index in [4.69, 9.17) is 4.74 Å². The van der Waals surface area contributed by atoms with Crippen LogP contribution < -0.4 is 5.32 Å². The van der Waals surface area contributed by atoms with Crippen LogP contribution in [0.25, 0.3) is 0 Å². The Morgan fingerprint density at radius 2 is 1.95 bits per heavy atom. The van der Waals surface area contributed by atoms with E-state index in [-0.39, 0.29) is 24.2 Å². The Morgan fingerprint density at radius 3 is 2.40 bits per heavy atom. The van der Waals surface area contributed by atoms with Crippen LogP contribution in [0, 0.1) is 0 Å². The molecule has 0 amide bonds. The molecular formula is C15H27N3O2. The molecule has 0 saturated heterocycles. The number of imidazole rings is 1. The predicted octanol–water partition coefficient (Wildman–Crippen LogP) is 2.32. The molecule has 0 radical (unpaired) electrons. The molecule has 0 bridgehead atoms. The van der Waals surface area contributed by atoms with Gasteiger partial charge in [0.25, 0.3) is 0 Å². The monoisotopic (exact) mass is 281 g/mol. The Bertz CT molecular complexity index is 425. The fraction of sp³-hybridized carbons (Fsp3) is 0.733. The molecule has 0 fully saturated rings. The summed E-state index contributed by atoms with van der Waals surface area (Å²) in [6, 6.07) is 0.232. The highest BCUT2D eigenvalue weighted by molar-refractivity contribution is 5.76. The Balaban J connectivity index is 2.74. The summed E-state index contributed by atoms with van der Waals surface area (Å²) < 4.78 is 7.34. The lowest BCUT2D eigenvalue weighted by Gasteiger charge is -2.20. The molecule has 0 aliphatic heterocycles. The van der Waals surface area contributed by atoms with Crippen LogP contribution in [0.15, 0.2) is 12.5 Å². The summed E-state index contributed by atoms with van der Waals surface area (Å²) in [5, 5.41) is 3.25. The zero-order valence-corrected chi connectivity index (χ0v) is 13.4. The van der Waals surface area contributed by atoms with E-state index in [2.05, 4.69) is 24.1 Å². The molecule has 1 rings (SSSR count). The van der Waals surface area contributed by atoms with Crippen molar-refractivity contribution in [3.8, 4) is 0 Å². The average Bonchev–Trinajstić information content (AvgIpc) is 2.75. The molecular weight excluding hydrogens is 254 g/mol. The number of rotatable bonds is 7. The number of carbonyl (C=O) groups is 1. The van der Waals surface area contributed by atoms with Crippen LogP contribution >= 0.6 is 0 Å². The Kier molecular flexibility index (Phi) is 6.20. The number of esters is 1. The number of carbonyl (C=O) groups excluding carboxylic acids is 1. The van der Waals surface area contributed by atoms with Gasteiger partial charge in [0.1, 0.15) is 6.04 Å². The van der Waals surface area contributed by atoms with Gasteiger partial charge in [0.05, 0.1) is 18.1 Å². The van der Waals surface area contributed by atoms with Gasteiger partial charge in [-0.3, -0.25) is 4.79 Å². The van der Waals surface area contributed by atoms with E-state index in [1.165, 1.54) is 0 Å². The van der Waals surface area contributed by atoms with Gasteiger partial charge in [-0.1, -0.05) is 13.8 Å². The first kappa shape index (κ1) is 16.7. The zero-order valence-electron chi connectivity index (χ0n) is 13.4. The second kappa shape index (κ2) is 7.43. The fourth-order valence-corrected chi connectivity index (χ4v) is 1.90. The quantitative estimate of drug-likeness (QED) is 0.779. The molecule has 1 atom stereocenters. The maximum Gasteiger partial charge on any atom is 0.323 e. The maximum atomic E-state index is 12.1. The SMILES string of the molecule is CC(C)N[C@@H](Cc1cn(C(C)C)cn1)C(=O)OC(C)C. The summed E-state index contributed by atoms with van der Waals surface area (Å²) >= 11 is 0. The first-order valence-electron chi connectivity index (χ1n) is 7.28. The molecule has 1 aromatic heterocycles. The van der Waals surface area contributed by atoms with Gasteiger partial charge >= 0.3 is 5.97 Å². The third kappa shape index (κ3) is 5.33. The second-order valence-corrected chi connectivity index (χ2v) is 5.97. The summed E-state index contributed by atoms with van der Waals surface area (Å²) in [4.78, 5) is 16.5. The minimum atomic E-state index is -0.354. The van der Waals surface area contributed by atoms with Crippen molar-refractivity contribution >= 4 is 5.97 Å². The number of nitrogens with zero attached hydrogens (tertiary/aromatic N) is 2. The molecule has 20 heavy (non-hydrogen) atoms. The van der Waals surface area contributed by atoms with Gasteiger partial charge in [0, 0.05) is 24.7 Å². The van der Waals surface area contributed by atoms with E-state index in [0.717, 1.165) is 5.69 Å². The van der Waals surface area contributed by atoms with Gasteiger partial charge in [-0.2, -0.15) is 0 Å². The first-order chi connectivity index (χ1) is 9.29. The molecule has 0 saturated carbocycles. The lowest BCUT2D eigenvalue weighted by molar-refractivity contribution is -0.150. The van der Waals surface area contributed by atoms with Crippen LogP contribution in [0.2, 0.25) is 0 Å². The van der Waals surface area contributed by atoms with Gasteiger partial charge in [-0.25, -0.2) is 4.98 Å². The van der Waals surface area contributed by atoms with Crippen LogP contribution in [0.5, 0.6) is 0 Å². The normalized spacial score (nSPS) is 13.2. The highest BCUT2D eigenvalue weighted by atomic mass is 16.5. The van der Waals surface area contributed by atoms with Crippen molar-refractivity contribution in [2.45, 2.75) is 72.2 Å². The minimum absolute atomic E-state index is 0.104. The first-order valence-corrected chi connectivity index (χ1v) is 7.28. The maximum absolute atomic E-state index is 12.1. The molecule has 1 N–H and O–H groups in total. The van der Waals surface area contributed by atoms with E-state index in [1.54, 1.807) is 6.33 Å². The van der Waals surface area contributed by atoms with E-state index < -0.39 is 0 Å². The van der Waals surface area contributed by atoms with Gasteiger partial charge < -0.3 is 14.6 Å². The van der Waals surface area contributed by atoms with Gasteiger partial charge in [-0.05, 0) is 27.7 Å². The molecule has 0 aliphatic rings. The Morgan fingerprint density at radius 1 is 1.30 bits per heavy atom. The molecule has 0 aliphatic carbocycles. The van der Waals surface area contributed by atoms with E-state index in [9.17, 15) is 4.79 Å². The van der Waals surface area contributed by atoms with Crippen LogP contribution in [0.4, 0.5) is 0 Å². The summed E-state index contributed by atoms with van der Waals surface area (Å²) in [6.45, 7) is 11.9. The average molecular weight is 281 g/mol. The van der Waals surface area contributed by atoms with Crippen molar-refractivity contribution in [3.63, 3.8) is 0 Å². The summed E-state index contributed by atoms with van der Waals surface area (Å²) in [5.41, 5.74) is 0.901. The van der Waals surface area contributed by atoms with Gasteiger partial charge in [0.15, 0.2) is 0 Å². The lowest BCUT2D eigenvalue weighted by Crippen LogP contribution is -2.44. The number of nitrogens with one attached hydrogen (secondary N) is 1. The molecule has 114 valence electrons. The Hall–Kier alpha value is -1.36. The second-order valence-electron chi connectivity index (χ2n) is 5.97. The summed E-state index contributed by atoms with van der Waals surface area (Å²) in [7, 11) is 0. The van der Waals surface area contributed by atoms with Crippen molar-refractivity contribution in [1.82, 2.24) is 14.9 Å². The highest BCUT2D eigenvalue weighted by Crippen LogP contribution is 2.09. The van der Waals surface area contributed by atoms with E-state index in [1.807, 2.05) is 38.5 Å². The number of hydrogen-bond donors (Lipinski definition) is 1. The highest BCUT2D eigenvalue weighted by Gasteiger charge is 2.23.